The molecule has 0 spiro atoms. The van der Waals surface area contributed by atoms with Crippen LogP contribution in [0.5, 0.6) is 0 Å². The van der Waals surface area contributed by atoms with Crippen molar-refractivity contribution in [2.75, 3.05) is 32.7 Å². The molecule has 1 aliphatic carbocycles. The molecule has 0 bridgehead atoms. The van der Waals surface area contributed by atoms with Crippen LogP contribution in [0.2, 0.25) is 0 Å². The third-order valence-electron chi connectivity index (χ3n) is 4.57. The summed E-state index contributed by atoms with van der Waals surface area (Å²) in [5.74, 6) is 0.621. The van der Waals surface area contributed by atoms with Crippen LogP contribution in [0.3, 0.4) is 0 Å². The number of guanidine groups is 1. The zero-order chi connectivity index (χ0) is 17.1. The molecule has 0 unspecified atom stereocenters. The molecule has 0 aromatic heterocycles. The van der Waals surface area contributed by atoms with Gasteiger partial charge in [-0.15, -0.1) is 24.0 Å². The van der Waals surface area contributed by atoms with E-state index in [1.165, 1.54) is 25.7 Å². The Labute approximate surface area is 163 Å². The molecular formula is C17H33IN4O2. The third-order valence-corrected chi connectivity index (χ3v) is 4.57. The Bertz CT molecular complexity index is 450. The van der Waals surface area contributed by atoms with Crippen molar-refractivity contribution < 1.29 is 9.53 Å². The van der Waals surface area contributed by atoms with Crippen molar-refractivity contribution in [1.29, 1.82) is 0 Å². The molecule has 1 saturated heterocycles. The predicted octanol–water partition coefficient (Wildman–Crippen LogP) is 3.05. The van der Waals surface area contributed by atoms with E-state index >= 15 is 0 Å². The Kier molecular flexibility index (Phi) is 7.62. The standard InChI is InChI=1S/C17H32N4O2.HI/c1-5-6-17(7-8-17)13-19-14(18)20-9-11-21(12-10-20)15(22)23-16(2,3)4;/h5-13H2,1-4H3,(H2,18,19);1H. The Hall–Kier alpha value is -0.730. The molecule has 2 N–H and O–H groups in total. The lowest BCUT2D eigenvalue weighted by molar-refractivity contribution is 0.0186. The summed E-state index contributed by atoms with van der Waals surface area (Å²) in [6, 6.07) is 0. The van der Waals surface area contributed by atoms with E-state index in [-0.39, 0.29) is 30.1 Å². The van der Waals surface area contributed by atoms with Crippen molar-refractivity contribution in [3.8, 4) is 0 Å². The Morgan fingerprint density at radius 3 is 2.17 bits per heavy atom. The summed E-state index contributed by atoms with van der Waals surface area (Å²) in [5, 5.41) is 0. The molecule has 1 heterocycles. The van der Waals surface area contributed by atoms with Crippen LogP contribution in [0, 0.1) is 5.41 Å². The number of carbonyl (C=O) groups is 1. The number of carbonyl (C=O) groups excluding carboxylic acids is 1. The second kappa shape index (κ2) is 8.58. The summed E-state index contributed by atoms with van der Waals surface area (Å²) >= 11 is 0. The zero-order valence-corrected chi connectivity index (χ0v) is 17.8. The van der Waals surface area contributed by atoms with Gasteiger partial charge in [-0.2, -0.15) is 0 Å². The number of amides is 1. The Morgan fingerprint density at radius 2 is 1.71 bits per heavy atom. The van der Waals surface area contributed by atoms with Gasteiger partial charge in [0.15, 0.2) is 5.96 Å². The first-order chi connectivity index (χ1) is 10.7. The predicted molar refractivity (Wildman–Crippen MR) is 108 cm³/mol. The molecule has 1 amide bonds. The van der Waals surface area contributed by atoms with Crippen LogP contribution >= 0.6 is 24.0 Å². The van der Waals surface area contributed by atoms with Gasteiger partial charge in [-0.1, -0.05) is 13.3 Å². The van der Waals surface area contributed by atoms with Crippen molar-refractivity contribution in [2.24, 2.45) is 16.1 Å². The lowest BCUT2D eigenvalue weighted by Gasteiger charge is -2.36. The van der Waals surface area contributed by atoms with Crippen molar-refractivity contribution in [1.82, 2.24) is 9.80 Å². The van der Waals surface area contributed by atoms with E-state index in [9.17, 15) is 4.79 Å². The van der Waals surface area contributed by atoms with Crippen LogP contribution < -0.4 is 5.73 Å². The fourth-order valence-corrected chi connectivity index (χ4v) is 2.99. The largest absolute Gasteiger partial charge is 0.444 e. The summed E-state index contributed by atoms with van der Waals surface area (Å²) in [4.78, 5) is 20.5. The van der Waals surface area contributed by atoms with Gasteiger partial charge in [-0.3, -0.25) is 4.99 Å². The minimum atomic E-state index is -0.452. The quantitative estimate of drug-likeness (QED) is 0.405. The Morgan fingerprint density at radius 1 is 1.17 bits per heavy atom. The maximum absolute atomic E-state index is 12.1. The number of halogens is 1. The Balaban J connectivity index is 0.00000288. The van der Waals surface area contributed by atoms with Crippen LogP contribution in [0.25, 0.3) is 0 Å². The number of aliphatic imine (C=N–C) groups is 1. The van der Waals surface area contributed by atoms with E-state index in [0.717, 1.165) is 19.6 Å². The number of rotatable bonds is 4. The van der Waals surface area contributed by atoms with Gasteiger partial charge in [0, 0.05) is 32.7 Å². The molecule has 2 aliphatic rings. The van der Waals surface area contributed by atoms with Gasteiger partial charge < -0.3 is 20.3 Å². The number of nitrogens with two attached hydrogens (primary N) is 1. The van der Waals surface area contributed by atoms with E-state index in [2.05, 4.69) is 16.8 Å². The van der Waals surface area contributed by atoms with E-state index < -0.39 is 5.60 Å². The molecule has 0 atom stereocenters. The van der Waals surface area contributed by atoms with E-state index in [1.807, 2.05) is 20.8 Å². The average Bonchev–Trinajstić information content (AvgIpc) is 3.24. The summed E-state index contributed by atoms with van der Waals surface area (Å²) in [7, 11) is 0. The maximum atomic E-state index is 12.1. The lowest BCUT2D eigenvalue weighted by atomic mass is 10.0. The van der Waals surface area contributed by atoms with Gasteiger partial charge in [-0.05, 0) is 45.4 Å². The first-order valence-electron chi connectivity index (χ1n) is 8.77. The highest BCUT2D eigenvalue weighted by atomic mass is 127. The monoisotopic (exact) mass is 452 g/mol. The number of piperazine rings is 1. The molecule has 140 valence electrons. The minimum Gasteiger partial charge on any atom is -0.444 e. The smallest absolute Gasteiger partial charge is 0.410 e. The second-order valence-electron chi connectivity index (χ2n) is 7.88. The highest BCUT2D eigenvalue weighted by Gasteiger charge is 2.41. The number of hydrogen-bond donors (Lipinski definition) is 1. The summed E-state index contributed by atoms with van der Waals surface area (Å²) in [6.07, 6.45) is 4.78. The first-order valence-corrected chi connectivity index (χ1v) is 8.77. The molecule has 0 radical (unpaired) electrons. The first kappa shape index (κ1) is 21.3. The molecule has 6 nitrogen and oxygen atoms in total. The molecule has 1 saturated carbocycles. The lowest BCUT2D eigenvalue weighted by Crippen LogP contribution is -2.53. The minimum absolute atomic E-state index is 0. The maximum Gasteiger partial charge on any atom is 0.410 e. The highest BCUT2D eigenvalue weighted by Crippen LogP contribution is 2.49. The van der Waals surface area contributed by atoms with Crippen LogP contribution in [0.1, 0.15) is 53.4 Å². The summed E-state index contributed by atoms with van der Waals surface area (Å²) in [6.45, 7) is 11.4. The van der Waals surface area contributed by atoms with Gasteiger partial charge >= 0.3 is 6.09 Å². The fraction of sp³-hybridized carbons (Fsp3) is 0.882. The van der Waals surface area contributed by atoms with Gasteiger partial charge in [0.05, 0.1) is 0 Å². The second-order valence-corrected chi connectivity index (χ2v) is 7.88. The summed E-state index contributed by atoms with van der Waals surface area (Å²) in [5.41, 5.74) is 6.12. The molecule has 7 heteroatoms. The number of hydrogen-bond acceptors (Lipinski definition) is 3. The van der Waals surface area contributed by atoms with Gasteiger partial charge in [0.25, 0.3) is 0 Å². The van der Waals surface area contributed by atoms with Crippen LogP contribution in [0.15, 0.2) is 4.99 Å². The van der Waals surface area contributed by atoms with Gasteiger partial charge in [0.2, 0.25) is 0 Å². The molecule has 0 aromatic carbocycles. The number of nitrogens with zero attached hydrogens (tertiary/aromatic N) is 3. The van der Waals surface area contributed by atoms with Crippen molar-refractivity contribution >= 4 is 36.0 Å². The SMILES string of the molecule is CCCC1(CN=C(N)N2CCN(C(=O)OC(C)(C)C)CC2)CC1.I. The molecular weight excluding hydrogens is 419 g/mol. The van der Waals surface area contributed by atoms with Gasteiger partial charge in [0.1, 0.15) is 5.60 Å². The van der Waals surface area contributed by atoms with Crippen molar-refractivity contribution in [3.63, 3.8) is 0 Å². The molecule has 0 aromatic rings. The molecule has 2 rings (SSSR count). The molecule has 24 heavy (non-hydrogen) atoms. The third kappa shape index (κ3) is 6.29. The van der Waals surface area contributed by atoms with Crippen LogP contribution in [-0.2, 0) is 4.74 Å². The molecule has 1 aliphatic heterocycles. The van der Waals surface area contributed by atoms with Crippen LogP contribution in [0.4, 0.5) is 4.79 Å². The van der Waals surface area contributed by atoms with Crippen LogP contribution in [-0.4, -0.2) is 60.2 Å². The van der Waals surface area contributed by atoms with Gasteiger partial charge in [-0.25, -0.2) is 4.79 Å². The van der Waals surface area contributed by atoms with Crippen molar-refractivity contribution in [3.05, 3.63) is 0 Å². The van der Waals surface area contributed by atoms with E-state index in [4.69, 9.17) is 10.5 Å². The zero-order valence-electron chi connectivity index (χ0n) is 15.5. The highest BCUT2D eigenvalue weighted by molar-refractivity contribution is 14.0. The number of ether oxygens (including phenoxy) is 1. The topological polar surface area (TPSA) is 71.2 Å². The van der Waals surface area contributed by atoms with Crippen molar-refractivity contribution in [2.45, 2.75) is 59.0 Å². The van der Waals surface area contributed by atoms with E-state index in [1.54, 1.807) is 4.90 Å². The average molecular weight is 452 g/mol. The summed E-state index contributed by atoms with van der Waals surface area (Å²) < 4.78 is 5.41. The fourth-order valence-electron chi connectivity index (χ4n) is 2.99. The van der Waals surface area contributed by atoms with E-state index in [0.29, 0.717) is 24.5 Å². The normalized spacial score (nSPS) is 20.4. The molecule has 2 fully saturated rings.